The molecule has 1 aromatic heterocycles. The maximum atomic E-state index is 10.8. The monoisotopic (exact) mass is 244 g/mol. The fraction of sp³-hybridized carbons (Fsp3) is 0.286. The largest absolute Gasteiger partial charge is 0.369 e. The number of nitrogens with zero attached hydrogens (tertiary/aromatic N) is 1. The molecule has 1 amide bonds. The van der Waals surface area contributed by atoms with Gasteiger partial charge in [0.25, 0.3) is 0 Å². The van der Waals surface area contributed by atoms with E-state index in [4.69, 9.17) is 10.3 Å². The molecule has 2 aromatic rings. The normalized spacial score (nSPS) is 10.6. The average Bonchev–Trinajstić information content (AvgIpc) is 2.63. The molecule has 0 saturated heterocycles. The Balaban J connectivity index is 2.43. The Kier molecular flexibility index (Phi) is 3.19. The van der Waals surface area contributed by atoms with Crippen molar-refractivity contribution >= 4 is 5.91 Å². The number of primary amides is 1. The highest BCUT2D eigenvalue weighted by Crippen LogP contribution is 2.28. The molecule has 1 aromatic carbocycles. The van der Waals surface area contributed by atoms with E-state index in [1.165, 1.54) is 5.56 Å². The molecule has 0 atom stereocenters. The van der Waals surface area contributed by atoms with Crippen LogP contribution < -0.4 is 5.73 Å². The Bertz CT molecular complexity index is 577. The lowest BCUT2D eigenvalue weighted by atomic mass is 9.97. The van der Waals surface area contributed by atoms with Crippen LogP contribution in [0.25, 0.3) is 11.3 Å². The molecule has 1 heterocycles. The van der Waals surface area contributed by atoms with Gasteiger partial charge in [0.15, 0.2) is 0 Å². The topological polar surface area (TPSA) is 69.1 Å². The molecular weight excluding hydrogens is 228 g/mol. The van der Waals surface area contributed by atoms with Crippen LogP contribution in [0.4, 0.5) is 0 Å². The van der Waals surface area contributed by atoms with Gasteiger partial charge in [0.2, 0.25) is 5.91 Å². The number of hydrogen-bond donors (Lipinski definition) is 1. The molecule has 0 unspecified atom stereocenters. The standard InChI is InChI=1S/C14H16N2O2/c1-8-4-9(2)14(10(3)5-8)12-6-11(18-16-12)7-13(15)17/h4-6H,7H2,1-3H3,(H2,15,17). The highest BCUT2D eigenvalue weighted by molar-refractivity contribution is 5.76. The zero-order valence-corrected chi connectivity index (χ0v) is 10.8. The second kappa shape index (κ2) is 4.64. The Hall–Kier alpha value is -2.10. The highest BCUT2D eigenvalue weighted by atomic mass is 16.5. The Labute approximate surface area is 106 Å². The van der Waals surface area contributed by atoms with Gasteiger partial charge in [0.05, 0.1) is 6.42 Å². The van der Waals surface area contributed by atoms with E-state index in [0.717, 1.165) is 22.4 Å². The van der Waals surface area contributed by atoms with Crippen LogP contribution in [0.5, 0.6) is 0 Å². The van der Waals surface area contributed by atoms with Gasteiger partial charge in [-0.1, -0.05) is 22.9 Å². The minimum Gasteiger partial charge on any atom is -0.369 e. The molecule has 0 aliphatic heterocycles. The zero-order valence-electron chi connectivity index (χ0n) is 10.8. The van der Waals surface area contributed by atoms with E-state index in [-0.39, 0.29) is 6.42 Å². The zero-order chi connectivity index (χ0) is 13.3. The second-order valence-electron chi connectivity index (χ2n) is 4.60. The molecule has 0 spiro atoms. The molecule has 2 rings (SSSR count). The molecule has 0 aliphatic carbocycles. The summed E-state index contributed by atoms with van der Waals surface area (Å²) in [5.74, 6) is 0.0759. The summed E-state index contributed by atoms with van der Waals surface area (Å²) in [5.41, 5.74) is 10.4. The Morgan fingerprint density at radius 1 is 1.22 bits per heavy atom. The van der Waals surface area contributed by atoms with Crippen molar-refractivity contribution in [2.45, 2.75) is 27.2 Å². The van der Waals surface area contributed by atoms with E-state index in [1.807, 2.05) is 13.8 Å². The lowest BCUT2D eigenvalue weighted by Gasteiger charge is -2.07. The molecule has 0 bridgehead atoms. The number of aromatic nitrogens is 1. The number of aryl methyl sites for hydroxylation is 3. The Morgan fingerprint density at radius 3 is 2.39 bits per heavy atom. The number of nitrogens with two attached hydrogens (primary N) is 1. The number of hydrogen-bond acceptors (Lipinski definition) is 3. The van der Waals surface area contributed by atoms with Crippen LogP contribution in [0.2, 0.25) is 0 Å². The van der Waals surface area contributed by atoms with Crippen molar-refractivity contribution in [3.05, 3.63) is 40.6 Å². The fourth-order valence-electron chi connectivity index (χ4n) is 2.27. The summed E-state index contributed by atoms with van der Waals surface area (Å²) in [4.78, 5) is 10.8. The summed E-state index contributed by atoms with van der Waals surface area (Å²) in [6, 6.07) is 5.98. The van der Waals surface area contributed by atoms with Crippen molar-refractivity contribution in [1.82, 2.24) is 5.16 Å². The third-order valence-electron chi connectivity index (χ3n) is 2.84. The second-order valence-corrected chi connectivity index (χ2v) is 4.60. The summed E-state index contributed by atoms with van der Waals surface area (Å²) in [6.07, 6.45) is 0.0803. The van der Waals surface area contributed by atoms with E-state index in [1.54, 1.807) is 6.07 Å². The van der Waals surface area contributed by atoms with Crippen LogP contribution in [0, 0.1) is 20.8 Å². The van der Waals surface area contributed by atoms with E-state index < -0.39 is 5.91 Å². The van der Waals surface area contributed by atoms with Gasteiger partial charge in [-0.3, -0.25) is 4.79 Å². The number of benzene rings is 1. The van der Waals surface area contributed by atoms with Crippen molar-refractivity contribution in [2.75, 3.05) is 0 Å². The quantitative estimate of drug-likeness (QED) is 0.900. The molecule has 0 fully saturated rings. The van der Waals surface area contributed by atoms with Crippen molar-refractivity contribution in [2.24, 2.45) is 5.73 Å². The molecule has 0 saturated carbocycles. The maximum absolute atomic E-state index is 10.8. The van der Waals surface area contributed by atoms with Crippen molar-refractivity contribution in [3.63, 3.8) is 0 Å². The molecule has 18 heavy (non-hydrogen) atoms. The Morgan fingerprint density at radius 2 is 1.83 bits per heavy atom. The van der Waals surface area contributed by atoms with Gasteiger partial charge >= 0.3 is 0 Å². The lowest BCUT2D eigenvalue weighted by Crippen LogP contribution is -2.12. The molecule has 0 radical (unpaired) electrons. The first-order valence-corrected chi connectivity index (χ1v) is 5.79. The van der Waals surface area contributed by atoms with Crippen molar-refractivity contribution in [1.29, 1.82) is 0 Å². The van der Waals surface area contributed by atoms with Gasteiger partial charge in [-0.15, -0.1) is 0 Å². The van der Waals surface area contributed by atoms with Gasteiger partial charge in [-0.25, -0.2) is 0 Å². The molecule has 94 valence electrons. The third kappa shape index (κ3) is 2.42. The number of carbonyl (C=O) groups excluding carboxylic acids is 1. The number of amides is 1. The van der Waals surface area contributed by atoms with E-state index in [9.17, 15) is 4.79 Å². The van der Waals surface area contributed by atoms with Gasteiger partial charge in [0, 0.05) is 11.6 Å². The number of rotatable bonds is 3. The average molecular weight is 244 g/mol. The van der Waals surface area contributed by atoms with Gasteiger partial charge in [-0.05, 0) is 31.9 Å². The minimum atomic E-state index is -0.421. The lowest BCUT2D eigenvalue weighted by molar-refractivity contribution is -0.117. The SMILES string of the molecule is Cc1cc(C)c(-c2cc(CC(N)=O)on2)c(C)c1. The molecule has 4 nitrogen and oxygen atoms in total. The van der Waals surface area contributed by atoms with E-state index >= 15 is 0 Å². The maximum Gasteiger partial charge on any atom is 0.225 e. The van der Waals surface area contributed by atoms with Crippen LogP contribution in [0.1, 0.15) is 22.5 Å². The predicted octanol–water partition coefficient (Wildman–Crippen LogP) is 2.29. The molecular formula is C14H16N2O2. The number of carbonyl (C=O) groups is 1. The molecule has 4 heteroatoms. The van der Waals surface area contributed by atoms with Gasteiger partial charge in [-0.2, -0.15) is 0 Å². The third-order valence-corrected chi connectivity index (χ3v) is 2.84. The smallest absolute Gasteiger partial charge is 0.225 e. The van der Waals surface area contributed by atoms with E-state index in [0.29, 0.717) is 5.76 Å². The van der Waals surface area contributed by atoms with Crippen LogP contribution in [0.3, 0.4) is 0 Å². The summed E-state index contributed by atoms with van der Waals surface area (Å²) in [5, 5.41) is 4.01. The fourth-order valence-corrected chi connectivity index (χ4v) is 2.27. The van der Waals surface area contributed by atoms with Crippen LogP contribution >= 0.6 is 0 Å². The van der Waals surface area contributed by atoms with Gasteiger partial charge < -0.3 is 10.3 Å². The first-order valence-electron chi connectivity index (χ1n) is 5.79. The first kappa shape index (κ1) is 12.4. The van der Waals surface area contributed by atoms with Crippen molar-refractivity contribution in [3.8, 4) is 11.3 Å². The predicted molar refractivity (Wildman–Crippen MR) is 69.0 cm³/mol. The van der Waals surface area contributed by atoms with E-state index in [2.05, 4.69) is 24.2 Å². The van der Waals surface area contributed by atoms with Crippen LogP contribution in [-0.4, -0.2) is 11.1 Å². The van der Waals surface area contributed by atoms with Crippen molar-refractivity contribution < 1.29 is 9.32 Å². The minimum absolute atomic E-state index is 0.0803. The molecule has 0 aliphatic rings. The van der Waals surface area contributed by atoms with Gasteiger partial charge in [0.1, 0.15) is 11.5 Å². The first-order chi connectivity index (χ1) is 8.47. The summed E-state index contributed by atoms with van der Waals surface area (Å²) < 4.78 is 5.12. The summed E-state index contributed by atoms with van der Waals surface area (Å²) in [7, 11) is 0. The van der Waals surface area contributed by atoms with Crippen LogP contribution in [-0.2, 0) is 11.2 Å². The van der Waals surface area contributed by atoms with Crippen LogP contribution in [0.15, 0.2) is 22.7 Å². The summed E-state index contributed by atoms with van der Waals surface area (Å²) >= 11 is 0. The highest BCUT2D eigenvalue weighted by Gasteiger charge is 2.13. The summed E-state index contributed by atoms with van der Waals surface area (Å²) in [6.45, 7) is 6.14. The molecule has 2 N–H and O–H groups in total.